The summed E-state index contributed by atoms with van der Waals surface area (Å²) in [5, 5.41) is 13.2. The summed E-state index contributed by atoms with van der Waals surface area (Å²) in [5.41, 5.74) is 1.48. The van der Waals surface area contributed by atoms with Crippen LogP contribution in [0.2, 0.25) is 10.0 Å². The lowest BCUT2D eigenvalue weighted by molar-refractivity contribution is -0.113. The number of methoxy groups -OCH3 is 2. The number of amides is 1. The maximum absolute atomic E-state index is 12.6. The van der Waals surface area contributed by atoms with Crippen molar-refractivity contribution in [3.8, 4) is 17.2 Å². The number of hydrogen-bond acceptors (Lipinski definition) is 7. The van der Waals surface area contributed by atoms with Gasteiger partial charge in [-0.25, -0.2) is 0 Å². The Balaban J connectivity index is 1.54. The minimum absolute atomic E-state index is 0.158. The number of benzene rings is 2. The first kappa shape index (κ1) is 27.0. The number of hydrogen-bond donors (Lipinski definition) is 1. The molecule has 1 amide bonds. The first-order chi connectivity index (χ1) is 16.9. The fraction of sp³-hybridized carbons (Fsp3) is 0.375. The second kappa shape index (κ2) is 12.9. The Kier molecular flexibility index (Phi) is 9.94. The third kappa shape index (κ3) is 7.19. The van der Waals surface area contributed by atoms with Crippen molar-refractivity contribution in [1.82, 2.24) is 14.8 Å². The van der Waals surface area contributed by atoms with Crippen molar-refractivity contribution in [3.63, 3.8) is 0 Å². The van der Waals surface area contributed by atoms with Crippen molar-refractivity contribution in [2.75, 3.05) is 31.9 Å². The number of nitrogens with one attached hydrogen (secondary N) is 1. The minimum atomic E-state index is -0.211. The number of ether oxygens (including phenoxy) is 3. The van der Waals surface area contributed by atoms with E-state index in [-0.39, 0.29) is 11.7 Å². The molecular weight excluding hydrogens is 511 g/mol. The smallest absolute Gasteiger partial charge is 0.234 e. The highest BCUT2D eigenvalue weighted by molar-refractivity contribution is 7.99. The summed E-state index contributed by atoms with van der Waals surface area (Å²) in [7, 11) is 3.02. The van der Waals surface area contributed by atoms with E-state index in [1.54, 1.807) is 12.1 Å². The zero-order chi connectivity index (χ0) is 25.4. The normalized spacial score (nSPS) is 10.8. The molecule has 2 aromatic carbocycles. The fourth-order valence-corrected chi connectivity index (χ4v) is 4.67. The molecular formula is C24H28Cl2N4O4S. The van der Waals surface area contributed by atoms with E-state index in [1.807, 2.05) is 36.6 Å². The Morgan fingerprint density at radius 3 is 2.54 bits per heavy atom. The number of aryl methyl sites for hydroxylation is 2. The molecule has 3 aromatic rings. The van der Waals surface area contributed by atoms with Crippen LogP contribution in [-0.4, -0.2) is 47.3 Å². The molecule has 35 heavy (non-hydrogen) atoms. The van der Waals surface area contributed by atoms with Crippen molar-refractivity contribution in [3.05, 3.63) is 51.8 Å². The number of carbonyl (C=O) groups excluding carboxylic acids is 1. The molecule has 0 aliphatic rings. The molecule has 0 radical (unpaired) electrons. The first-order valence-corrected chi connectivity index (χ1v) is 12.8. The van der Waals surface area contributed by atoms with E-state index in [4.69, 9.17) is 37.4 Å². The Labute approximate surface area is 219 Å². The topological polar surface area (TPSA) is 87.5 Å². The van der Waals surface area contributed by atoms with Crippen LogP contribution >= 0.6 is 35.0 Å². The molecule has 1 heterocycles. The van der Waals surface area contributed by atoms with Crippen molar-refractivity contribution in [2.45, 2.75) is 38.4 Å². The minimum Gasteiger partial charge on any atom is -0.495 e. The predicted octanol–water partition coefficient (Wildman–Crippen LogP) is 5.67. The summed E-state index contributed by atoms with van der Waals surface area (Å²) in [5.74, 6) is 2.52. The van der Waals surface area contributed by atoms with Gasteiger partial charge in [0.1, 0.15) is 23.1 Å². The maximum atomic E-state index is 12.6. The van der Waals surface area contributed by atoms with Crippen molar-refractivity contribution >= 4 is 46.6 Å². The van der Waals surface area contributed by atoms with Crippen LogP contribution in [0.15, 0.2) is 35.5 Å². The maximum Gasteiger partial charge on any atom is 0.234 e. The van der Waals surface area contributed by atoms with Gasteiger partial charge in [0.2, 0.25) is 5.91 Å². The van der Waals surface area contributed by atoms with Crippen LogP contribution in [-0.2, 0) is 17.8 Å². The van der Waals surface area contributed by atoms with Gasteiger partial charge in [0, 0.05) is 30.1 Å². The number of nitrogens with zero attached hydrogens (tertiary/aromatic N) is 3. The number of thioether (sulfide) groups is 1. The third-order valence-corrected chi connectivity index (χ3v) is 6.63. The van der Waals surface area contributed by atoms with Gasteiger partial charge in [-0.05, 0) is 44.0 Å². The molecule has 0 bridgehead atoms. The van der Waals surface area contributed by atoms with E-state index in [2.05, 4.69) is 15.5 Å². The van der Waals surface area contributed by atoms with Crippen molar-refractivity contribution in [2.24, 2.45) is 0 Å². The average Bonchev–Trinajstić information content (AvgIpc) is 3.24. The quantitative estimate of drug-likeness (QED) is 0.234. The van der Waals surface area contributed by atoms with E-state index in [0.717, 1.165) is 23.6 Å². The van der Waals surface area contributed by atoms with Crippen LogP contribution in [0.4, 0.5) is 5.69 Å². The Morgan fingerprint density at radius 1 is 1.09 bits per heavy atom. The van der Waals surface area contributed by atoms with E-state index >= 15 is 0 Å². The van der Waals surface area contributed by atoms with Crippen LogP contribution in [0.5, 0.6) is 17.2 Å². The zero-order valence-electron chi connectivity index (χ0n) is 20.1. The molecule has 1 N–H and O–H groups in total. The van der Waals surface area contributed by atoms with Gasteiger partial charge in [-0.2, -0.15) is 0 Å². The largest absolute Gasteiger partial charge is 0.495 e. The van der Waals surface area contributed by atoms with Crippen molar-refractivity contribution in [1.29, 1.82) is 0 Å². The Morgan fingerprint density at radius 2 is 1.86 bits per heavy atom. The SMILES string of the molecule is CCn1c(CCCOc2ccc(Cl)cc2C)nnc1SCC(=O)Nc1cc(OC)c(Cl)cc1OC. The van der Waals surface area contributed by atoms with Crippen LogP contribution in [0.1, 0.15) is 24.7 Å². The monoisotopic (exact) mass is 538 g/mol. The molecule has 11 heteroatoms. The second-order valence-electron chi connectivity index (χ2n) is 7.53. The molecule has 0 spiro atoms. The van der Waals surface area contributed by atoms with Gasteiger partial charge in [-0.3, -0.25) is 4.79 Å². The fourth-order valence-electron chi connectivity index (χ4n) is 3.39. The van der Waals surface area contributed by atoms with E-state index in [9.17, 15) is 4.79 Å². The van der Waals surface area contributed by atoms with Crippen LogP contribution in [0.3, 0.4) is 0 Å². The Hall–Kier alpha value is -2.62. The van der Waals surface area contributed by atoms with Gasteiger partial charge in [-0.15, -0.1) is 10.2 Å². The predicted molar refractivity (Wildman–Crippen MR) is 140 cm³/mol. The summed E-state index contributed by atoms with van der Waals surface area (Å²) >= 11 is 13.4. The van der Waals surface area contributed by atoms with Crippen LogP contribution in [0, 0.1) is 6.92 Å². The zero-order valence-corrected chi connectivity index (χ0v) is 22.4. The molecule has 0 saturated heterocycles. The lowest BCUT2D eigenvalue weighted by atomic mass is 10.2. The second-order valence-corrected chi connectivity index (χ2v) is 9.31. The summed E-state index contributed by atoms with van der Waals surface area (Å²) < 4.78 is 18.4. The molecule has 3 rings (SSSR count). The molecule has 0 aliphatic heterocycles. The highest BCUT2D eigenvalue weighted by atomic mass is 35.5. The van der Waals surface area contributed by atoms with Gasteiger partial charge in [0.25, 0.3) is 0 Å². The van der Waals surface area contributed by atoms with Crippen LogP contribution < -0.4 is 19.5 Å². The number of rotatable bonds is 12. The number of carbonyl (C=O) groups is 1. The molecule has 0 saturated carbocycles. The average molecular weight is 539 g/mol. The van der Waals surface area contributed by atoms with Gasteiger partial charge in [0.05, 0.1) is 37.3 Å². The van der Waals surface area contributed by atoms with E-state index in [1.165, 1.54) is 26.0 Å². The lowest BCUT2D eigenvalue weighted by Crippen LogP contribution is -2.15. The molecule has 1 aromatic heterocycles. The van der Waals surface area contributed by atoms with Gasteiger partial charge >= 0.3 is 0 Å². The number of halogens is 2. The van der Waals surface area contributed by atoms with Gasteiger partial charge in [-0.1, -0.05) is 35.0 Å². The van der Waals surface area contributed by atoms with Gasteiger partial charge in [0.15, 0.2) is 5.16 Å². The summed E-state index contributed by atoms with van der Waals surface area (Å²) in [6, 6.07) is 8.80. The number of aromatic nitrogens is 3. The number of anilines is 1. The van der Waals surface area contributed by atoms with Crippen molar-refractivity contribution < 1.29 is 19.0 Å². The van der Waals surface area contributed by atoms with E-state index < -0.39 is 0 Å². The molecule has 188 valence electrons. The molecule has 0 unspecified atom stereocenters. The molecule has 0 aliphatic carbocycles. The summed E-state index contributed by atoms with van der Waals surface area (Å²) in [6.45, 7) is 5.24. The highest BCUT2D eigenvalue weighted by Gasteiger charge is 2.16. The summed E-state index contributed by atoms with van der Waals surface area (Å²) in [6.07, 6.45) is 1.49. The van der Waals surface area contributed by atoms with Crippen LogP contribution in [0.25, 0.3) is 0 Å². The molecule has 8 nitrogen and oxygen atoms in total. The Bertz CT molecular complexity index is 1170. The lowest BCUT2D eigenvalue weighted by Gasteiger charge is -2.13. The highest BCUT2D eigenvalue weighted by Crippen LogP contribution is 2.36. The standard InChI is InChI=1S/C24H28Cl2N4O4S/c1-5-30-22(7-6-10-34-19-9-8-16(25)11-15(19)2)28-29-24(30)35-14-23(31)27-18-13-20(32-3)17(26)12-21(18)33-4/h8-9,11-13H,5-7,10,14H2,1-4H3,(H,27,31). The molecule has 0 fully saturated rings. The first-order valence-electron chi connectivity index (χ1n) is 11.0. The van der Waals surface area contributed by atoms with Gasteiger partial charge < -0.3 is 24.1 Å². The molecule has 0 atom stereocenters. The third-order valence-electron chi connectivity index (χ3n) is 5.13. The summed E-state index contributed by atoms with van der Waals surface area (Å²) in [4.78, 5) is 12.6. The van der Waals surface area contributed by atoms with E-state index in [0.29, 0.717) is 52.0 Å².